The quantitative estimate of drug-likeness (QED) is 0.720. The molecule has 6 nitrogen and oxygen atoms in total. The Bertz CT molecular complexity index is 931. The second kappa shape index (κ2) is 8.29. The second-order valence-electron chi connectivity index (χ2n) is 8.13. The Kier molecular flexibility index (Phi) is 6.19. The van der Waals surface area contributed by atoms with Crippen molar-refractivity contribution in [1.82, 2.24) is 9.78 Å². The molecule has 8 heteroatoms. The molecule has 0 spiro atoms. The van der Waals surface area contributed by atoms with Crippen molar-refractivity contribution in [3.05, 3.63) is 42.1 Å². The van der Waals surface area contributed by atoms with Crippen molar-refractivity contribution in [2.75, 3.05) is 22.6 Å². The van der Waals surface area contributed by atoms with Crippen LogP contribution in [0, 0.1) is 0 Å². The first kappa shape index (κ1) is 20.9. The molecule has 1 aliphatic heterocycles. The van der Waals surface area contributed by atoms with Crippen LogP contribution in [0.4, 0.5) is 5.82 Å². The molecule has 28 heavy (non-hydrogen) atoms. The Hall–Kier alpha value is -1.80. The van der Waals surface area contributed by atoms with Crippen LogP contribution in [-0.4, -0.2) is 41.4 Å². The summed E-state index contributed by atoms with van der Waals surface area (Å²) in [6.07, 6.45) is 0.902. The number of anilines is 1. The van der Waals surface area contributed by atoms with Gasteiger partial charge in [-0.15, -0.1) is 11.8 Å². The van der Waals surface area contributed by atoms with E-state index in [1.807, 2.05) is 57.2 Å². The van der Waals surface area contributed by atoms with Crippen molar-refractivity contribution in [3.63, 3.8) is 0 Å². The molecule has 1 aromatic heterocycles. The van der Waals surface area contributed by atoms with Crippen LogP contribution in [0.15, 0.2) is 41.3 Å². The summed E-state index contributed by atoms with van der Waals surface area (Å²) in [5.74, 6) is 1.41. The lowest BCUT2D eigenvalue weighted by molar-refractivity contribution is -0.115. The molecule has 1 fully saturated rings. The average molecular weight is 422 g/mol. The number of carbonyl (C=O) groups excluding carboxylic acids is 1. The summed E-state index contributed by atoms with van der Waals surface area (Å²) in [6.45, 7) is 6.15. The Balaban J connectivity index is 1.69. The van der Waals surface area contributed by atoms with E-state index in [0.29, 0.717) is 24.4 Å². The van der Waals surface area contributed by atoms with Crippen molar-refractivity contribution in [2.45, 2.75) is 50.0 Å². The van der Waals surface area contributed by atoms with Crippen molar-refractivity contribution >= 4 is 33.3 Å². The van der Waals surface area contributed by atoms with Gasteiger partial charge in [0.15, 0.2) is 9.84 Å². The zero-order valence-corrected chi connectivity index (χ0v) is 18.1. The molecule has 152 valence electrons. The number of sulfone groups is 1. The van der Waals surface area contributed by atoms with E-state index in [-0.39, 0.29) is 28.9 Å². The van der Waals surface area contributed by atoms with Gasteiger partial charge in [0.05, 0.1) is 23.2 Å². The summed E-state index contributed by atoms with van der Waals surface area (Å²) < 4.78 is 25.5. The molecule has 1 atom stereocenters. The largest absolute Gasteiger partial charge is 0.311 e. The second-order valence-corrected chi connectivity index (χ2v) is 11.5. The van der Waals surface area contributed by atoms with E-state index in [0.717, 1.165) is 10.6 Å². The number of thioether (sulfide) groups is 1. The minimum atomic E-state index is -3.04. The highest BCUT2D eigenvalue weighted by Crippen LogP contribution is 2.31. The number of nitrogens with zero attached hydrogens (tertiary/aromatic N) is 2. The van der Waals surface area contributed by atoms with Gasteiger partial charge in [0.1, 0.15) is 5.82 Å². The minimum Gasteiger partial charge on any atom is -0.311 e. The lowest BCUT2D eigenvalue weighted by Crippen LogP contribution is -2.20. The molecule has 1 N–H and O–H groups in total. The third-order valence-corrected chi connectivity index (χ3v) is 7.43. The number of carbonyl (C=O) groups is 1. The van der Waals surface area contributed by atoms with Crippen molar-refractivity contribution < 1.29 is 13.2 Å². The Morgan fingerprint density at radius 2 is 2.00 bits per heavy atom. The van der Waals surface area contributed by atoms with Crippen molar-refractivity contribution in [2.24, 2.45) is 0 Å². The fraction of sp³-hybridized carbons (Fsp3) is 0.500. The van der Waals surface area contributed by atoms with Crippen LogP contribution in [0.5, 0.6) is 0 Å². The summed E-state index contributed by atoms with van der Waals surface area (Å²) >= 11 is 1.64. The third-order valence-electron chi connectivity index (χ3n) is 4.67. The highest BCUT2D eigenvalue weighted by Gasteiger charge is 2.32. The number of hydrogen-bond donors (Lipinski definition) is 1. The van der Waals surface area contributed by atoms with E-state index < -0.39 is 9.84 Å². The summed E-state index contributed by atoms with van der Waals surface area (Å²) in [7, 11) is -3.04. The summed E-state index contributed by atoms with van der Waals surface area (Å²) in [5.41, 5.74) is 0.650. The fourth-order valence-electron chi connectivity index (χ4n) is 3.08. The van der Waals surface area contributed by atoms with Gasteiger partial charge in [0.25, 0.3) is 0 Å². The monoisotopic (exact) mass is 421 g/mol. The van der Waals surface area contributed by atoms with Crippen LogP contribution < -0.4 is 5.32 Å². The Morgan fingerprint density at radius 3 is 2.61 bits per heavy atom. The summed E-state index contributed by atoms with van der Waals surface area (Å²) in [4.78, 5) is 13.6. The van der Waals surface area contributed by atoms with Crippen LogP contribution in [0.1, 0.15) is 45.3 Å². The van der Waals surface area contributed by atoms with E-state index in [4.69, 9.17) is 0 Å². The molecular weight excluding hydrogens is 394 g/mol. The molecule has 0 bridgehead atoms. The average Bonchev–Trinajstić information content (AvgIpc) is 3.18. The van der Waals surface area contributed by atoms with Gasteiger partial charge in [-0.3, -0.25) is 4.79 Å². The van der Waals surface area contributed by atoms with E-state index >= 15 is 0 Å². The van der Waals surface area contributed by atoms with Crippen LogP contribution in [0.3, 0.4) is 0 Å². The smallest absolute Gasteiger partial charge is 0.226 e. The molecule has 1 saturated heterocycles. The van der Waals surface area contributed by atoms with Crippen molar-refractivity contribution in [3.8, 4) is 0 Å². The van der Waals surface area contributed by atoms with Gasteiger partial charge < -0.3 is 5.32 Å². The van der Waals surface area contributed by atoms with E-state index in [1.54, 1.807) is 16.4 Å². The minimum absolute atomic E-state index is 0.0744. The van der Waals surface area contributed by atoms with E-state index in [9.17, 15) is 13.2 Å². The number of amides is 1. The first-order valence-corrected chi connectivity index (χ1v) is 12.2. The first-order chi connectivity index (χ1) is 13.1. The van der Waals surface area contributed by atoms with Gasteiger partial charge in [0.2, 0.25) is 5.91 Å². The van der Waals surface area contributed by atoms with Gasteiger partial charge in [-0.2, -0.15) is 5.10 Å². The Labute approximate surface area is 171 Å². The zero-order chi connectivity index (χ0) is 20.4. The molecular formula is C20H27N3O3S2. The number of hydrogen-bond acceptors (Lipinski definition) is 5. The first-order valence-electron chi connectivity index (χ1n) is 9.42. The molecule has 1 aromatic carbocycles. The molecule has 0 aliphatic carbocycles. The molecule has 1 unspecified atom stereocenters. The van der Waals surface area contributed by atoms with Crippen LogP contribution in [-0.2, 0) is 20.0 Å². The highest BCUT2D eigenvalue weighted by atomic mass is 32.2. The maximum atomic E-state index is 12.5. The number of rotatable bonds is 6. The number of aromatic nitrogens is 2. The van der Waals surface area contributed by atoms with E-state index in [2.05, 4.69) is 10.4 Å². The standard InChI is InChI=1S/C20H27N3O3S2/c1-20(2,3)17-13-18(23(22-17)15-10-12-28(25,26)14-15)21-19(24)9-11-27-16-7-5-4-6-8-16/h4-8,13,15H,9-12,14H2,1-3H3,(H,21,24). The number of nitrogens with one attached hydrogen (secondary N) is 1. The van der Waals surface area contributed by atoms with Crippen LogP contribution >= 0.6 is 11.8 Å². The predicted octanol–water partition coefficient (Wildman–Crippen LogP) is 3.66. The molecule has 2 heterocycles. The molecule has 0 radical (unpaired) electrons. The predicted molar refractivity (Wildman–Crippen MR) is 114 cm³/mol. The van der Waals surface area contributed by atoms with Gasteiger partial charge in [-0.1, -0.05) is 39.0 Å². The lowest BCUT2D eigenvalue weighted by Gasteiger charge is -2.15. The summed E-state index contributed by atoms with van der Waals surface area (Å²) in [5, 5.41) is 7.59. The molecule has 0 saturated carbocycles. The highest BCUT2D eigenvalue weighted by molar-refractivity contribution is 7.99. The summed E-state index contributed by atoms with van der Waals surface area (Å²) in [6, 6.07) is 11.6. The van der Waals surface area contributed by atoms with Gasteiger partial charge in [0, 0.05) is 28.6 Å². The molecule has 1 amide bonds. The molecule has 2 aromatic rings. The Morgan fingerprint density at radius 1 is 1.29 bits per heavy atom. The van der Waals surface area contributed by atoms with Gasteiger partial charge in [-0.05, 0) is 18.6 Å². The maximum Gasteiger partial charge on any atom is 0.226 e. The van der Waals surface area contributed by atoms with Crippen LogP contribution in [0.2, 0.25) is 0 Å². The third kappa shape index (κ3) is 5.38. The van der Waals surface area contributed by atoms with Crippen LogP contribution in [0.25, 0.3) is 0 Å². The van der Waals surface area contributed by atoms with E-state index in [1.165, 1.54) is 0 Å². The topological polar surface area (TPSA) is 81.1 Å². The number of benzene rings is 1. The lowest BCUT2D eigenvalue weighted by atomic mass is 9.92. The maximum absolute atomic E-state index is 12.5. The molecule has 1 aliphatic rings. The molecule has 3 rings (SSSR count). The zero-order valence-electron chi connectivity index (χ0n) is 16.5. The van der Waals surface area contributed by atoms with Gasteiger partial charge in [-0.25, -0.2) is 13.1 Å². The SMILES string of the molecule is CC(C)(C)c1cc(NC(=O)CCSc2ccccc2)n(C2CCS(=O)(=O)C2)n1. The van der Waals surface area contributed by atoms with Crippen molar-refractivity contribution in [1.29, 1.82) is 0 Å². The van der Waals surface area contributed by atoms with Gasteiger partial charge >= 0.3 is 0 Å². The normalized spacial score (nSPS) is 18.9. The fourth-order valence-corrected chi connectivity index (χ4v) is 5.65.